The average molecular weight is 546 g/mol. The Labute approximate surface area is 233 Å². The first-order valence-electron chi connectivity index (χ1n) is 13.0. The second-order valence-corrected chi connectivity index (χ2v) is 10.5. The predicted octanol–water partition coefficient (Wildman–Crippen LogP) is 4.70. The Morgan fingerprint density at radius 1 is 1.13 bits per heavy atom. The maximum Gasteiger partial charge on any atom is 0.341 e. The Balaban J connectivity index is 1.35. The number of carbonyl (C=O) groups excluding carboxylic acids is 2. The summed E-state index contributed by atoms with van der Waals surface area (Å²) in [6.07, 6.45) is 1.36. The number of carbonyl (C=O) groups is 2. The molecule has 0 aliphatic carbocycles. The van der Waals surface area contributed by atoms with Crippen LogP contribution in [0.2, 0.25) is 5.02 Å². The number of rotatable bonds is 7. The van der Waals surface area contributed by atoms with E-state index in [-0.39, 0.29) is 12.5 Å². The van der Waals surface area contributed by atoms with Crippen LogP contribution in [0.25, 0.3) is 16.7 Å². The van der Waals surface area contributed by atoms with E-state index in [1.165, 1.54) is 0 Å². The van der Waals surface area contributed by atoms with E-state index in [4.69, 9.17) is 26.8 Å². The summed E-state index contributed by atoms with van der Waals surface area (Å²) >= 11 is 6.72. The zero-order valence-electron chi connectivity index (χ0n) is 22.1. The molecule has 5 rings (SSSR count). The largest absolute Gasteiger partial charge is 0.497 e. The lowest BCUT2D eigenvalue weighted by Crippen LogP contribution is -2.53. The minimum Gasteiger partial charge on any atom is -0.497 e. The molecule has 1 saturated heterocycles. The fourth-order valence-corrected chi connectivity index (χ4v) is 5.69. The van der Waals surface area contributed by atoms with Gasteiger partial charge in [0.05, 0.1) is 24.9 Å². The first-order chi connectivity index (χ1) is 18.8. The molecule has 0 bridgehead atoms. The van der Waals surface area contributed by atoms with Crippen molar-refractivity contribution in [3.05, 3.63) is 94.1 Å². The van der Waals surface area contributed by atoms with Crippen LogP contribution in [0.15, 0.2) is 72.4 Å². The van der Waals surface area contributed by atoms with Crippen LogP contribution in [-0.2, 0) is 20.9 Å². The van der Waals surface area contributed by atoms with Crippen molar-refractivity contribution in [3.63, 3.8) is 0 Å². The third kappa shape index (κ3) is 5.51. The number of hydrogen-bond acceptors (Lipinski definition) is 6. The number of esters is 1. The van der Waals surface area contributed by atoms with Crippen molar-refractivity contribution in [2.75, 3.05) is 26.7 Å². The van der Waals surface area contributed by atoms with Crippen molar-refractivity contribution in [3.8, 4) is 16.9 Å². The van der Waals surface area contributed by atoms with E-state index in [0.29, 0.717) is 41.4 Å². The molecule has 2 aliphatic rings. The maximum absolute atomic E-state index is 13.2. The van der Waals surface area contributed by atoms with Gasteiger partial charge in [0, 0.05) is 23.7 Å². The van der Waals surface area contributed by atoms with Crippen LogP contribution in [0.5, 0.6) is 5.75 Å². The van der Waals surface area contributed by atoms with Crippen molar-refractivity contribution in [2.45, 2.75) is 31.9 Å². The molecule has 0 aromatic heterocycles. The molecule has 7 nitrogen and oxygen atoms in total. The normalized spacial score (nSPS) is 19.3. The van der Waals surface area contributed by atoms with Gasteiger partial charge in [0.1, 0.15) is 5.75 Å². The lowest BCUT2D eigenvalue weighted by atomic mass is 9.86. The summed E-state index contributed by atoms with van der Waals surface area (Å²) in [5.41, 5.74) is 10.8. The number of hydrogen-bond donors (Lipinski definition) is 2. The number of ether oxygens (including phenoxy) is 2. The summed E-state index contributed by atoms with van der Waals surface area (Å²) in [6, 6.07) is 21.2. The highest BCUT2D eigenvalue weighted by Gasteiger charge is 2.49. The fourth-order valence-electron chi connectivity index (χ4n) is 5.42. The number of aryl methyl sites for hydroxylation is 1. The third-order valence-electron chi connectivity index (χ3n) is 7.47. The molecule has 0 saturated carbocycles. The molecule has 39 heavy (non-hydrogen) atoms. The molecule has 1 unspecified atom stereocenters. The van der Waals surface area contributed by atoms with E-state index in [0.717, 1.165) is 41.0 Å². The van der Waals surface area contributed by atoms with Crippen LogP contribution in [0, 0.1) is 6.92 Å². The van der Waals surface area contributed by atoms with Gasteiger partial charge in [-0.05, 0) is 72.8 Å². The molecule has 3 aromatic rings. The van der Waals surface area contributed by atoms with Gasteiger partial charge in [0.2, 0.25) is 5.91 Å². The van der Waals surface area contributed by atoms with Crippen molar-refractivity contribution >= 4 is 29.1 Å². The zero-order chi connectivity index (χ0) is 27.6. The number of piperidine rings is 1. The molecule has 2 aliphatic heterocycles. The van der Waals surface area contributed by atoms with Crippen LogP contribution in [-0.4, -0.2) is 49.1 Å². The molecule has 3 aromatic carbocycles. The average Bonchev–Trinajstić information content (AvgIpc) is 3.17. The first-order valence-corrected chi connectivity index (χ1v) is 13.4. The van der Waals surface area contributed by atoms with Gasteiger partial charge in [-0.1, -0.05) is 54.1 Å². The Bertz CT molecular complexity index is 1420. The van der Waals surface area contributed by atoms with Gasteiger partial charge >= 0.3 is 5.97 Å². The smallest absolute Gasteiger partial charge is 0.341 e. The SMILES string of the molecule is COc1ccc(-c2cc(C)c(C3=C(N)C4(CCCN(CC(=O)NCc5ccccc5)C4)OC3=O)cc2Cl)cc1. The second kappa shape index (κ2) is 11.1. The van der Waals surface area contributed by atoms with Crippen molar-refractivity contribution in [1.82, 2.24) is 10.2 Å². The van der Waals surface area contributed by atoms with E-state index >= 15 is 0 Å². The monoisotopic (exact) mass is 545 g/mol. The predicted molar refractivity (Wildman–Crippen MR) is 152 cm³/mol. The third-order valence-corrected chi connectivity index (χ3v) is 7.78. The minimum absolute atomic E-state index is 0.0836. The number of halogens is 1. The van der Waals surface area contributed by atoms with Crippen molar-refractivity contribution < 1.29 is 19.1 Å². The van der Waals surface area contributed by atoms with E-state index in [1.807, 2.05) is 72.5 Å². The highest BCUT2D eigenvalue weighted by Crippen LogP contribution is 2.43. The number of benzene rings is 3. The lowest BCUT2D eigenvalue weighted by Gasteiger charge is -2.39. The highest BCUT2D eigenvalue weighted by atomic mass is 35.5. The van der Waals surface area contributed by atoms with Crippen LogP contribution in [0.3, 0.4) is 0 Å². The van der Waals surface area contributed by atoms with Crippen LogP contribution >= 0.6 is 11.6 Å². The number of likely N-dealkylation sites (tertiary alicyclic amines) is 1. The zero-order valence-corrected chi connectivity index (χ0v) is 22.9. The van der Waals surface area contributed by atoms with Gasteiger partial charge in [-0.25, -0.2) is 4.79 Å². The summed E-state index contributed by atoms with van der Waals surface area (Å²) in [6.45, 7) is 3.69. The number of nitrogens with one attached hydrogen (secondary N) is 1. The van der Waals surface area contributed by atoms with E-state index in [9.17, 15) is 9.59 Å². The van der Waals surface area contributed by atoms with Gasteiger partial charge in [-0.15, -0.1) is 0 Å². The van der Waals surface area contributed by atoms with Crippen LogP contribution < -0.4 is 15.8 Å². The molecule has 1 fully saturated rings. The molecule has 1 spiro atoms. The Kier molecular flexibility index (Phi) is 7.64. The summed E-state index contributed by atoms with van der Waals surface area (Å²) in [4.78, 5) is 27.9. The molecular formula is C31H32ClN3O4. The lowest BCUT2D eigenvalue weighted by molar-refractivity contribution is -0.149. The first kappa shape index (κ1) is 26.8. The quantitative estimate of drug-likeness (QED) is 0.418. The van der Waals surface area contributed by atoms with Crippen LogP contribution in [0.4, 0.5) is 0 Å². The van der Waals surface area contributed by atoms with Gasteiger partial charge in [0.25, 0.3) is 0 Å². The molecule has 0 radical (unpaired) electrons. The number of methoxy groups -OCH3 is 1. The van der Waals surface area contributed by atoms with Gasteiger partial charge in [0.15, 0.2) is 5.60 Å². The van der Waals surface area contributed by atoms with Gasteiger partial charge < -0.3 is 20.5 Å². The van der Waals surface area contributed by atoms with Gasteiger partial charge in [-0.3, -0.25) is 9.69 Å². The van der Waals surface area contributed by atoms with Gasteiger partial charge in [-0.2, -0.15) is 0 Å². The topological polar surface area (TPSA) is 93.9 Å². The Hall–Kier alpha value is -3.81. The molecule has 3 N–H and O–H groups in total. The number of nitrogens with two attached hydrogens (primary N) is 1. The number of amides is 1. The van der Waals surface area contributed by atoms with E-state index in [2.05, 4.69) is 5.32 Å². The summed E-state index contributed by atoms with van der Waals surface area (Å²) in [7, 11) is 1.62. The second-order valence-electron chi connectivity index (χ2n) is 10.1. The minimum atomic E-state index is -0.960. The van der Waals surface area contributed by atoms with Crippen molar-refractivity contribution in [1.29, 1.82) is 0 Å². The summed E-state index contributed by atoms with van der Waals surface area (Å²) < 4.78 is 11.2. The molecular weight excluding hydrogens is 514 g/mol. The fraction of sp³-hybridized carbons (Fsp3) is 0.290. The molecule has 1 amide bonds. The summed E-state index contributed by atoms with van der Waals surface area (Å²) in [5, 5.41) is 3.47. The summed E-state index contributed by atoms with van der Waals surface area (Å²) in [5.74, 6) is 0.217. The maximum atomic E-state index is 13.2. The van der Waals surface area contributed by atoms with Crippen LogP contribution in [0.1, 0.15) is 29.5 Å². The van der Waals surface area contributed by atoms with Crippen molar-refractivity contribution in [2.24, 2.45) is 5.73 Å². The van der Waals surface area contributed by atoms with E-state index in [1.54, 1.807) is 13.2 Å². The van der Waals surface area contributed by atoms with E-state index < -0.39 is 11.6 Å². The molecule has 1 atom stereocenters. The Morgan fingerprint density at radius 2 is 1.87 bits per heavy atom. The number of nitrogens with zero attached hydrogens (tertiary/aromatic N) is 1. The standard InChI is InChI=1S/C31H32ClN3O4/c1-20-15-25(22-9-11-23(38-2)12-10-22)26(32)16-24(20)28-29(33)31(39-30(28)37)13-6-14-35(19-31)18-27(36)34-17-21-7-4-3-5-8-21/h3-5,7-12,15-16H,6,13-14,17-19,33H2,1-2H3,(H,34,36). The highest BCUT2D eigenvalue weighted by molar-refractivity contribution is 6.34. The Morgan fingerprint density at radius 3 is 2.59 bits per heavy atom. The molecule has 202 valence electrons. The molecule has 8 heteroatoms. The molecule has 2 heterocycles.